The lowest BCUT2D eigenvalue weighted by Gasteiger charge is -2.33. The molecule has 1 fully saturated rings. The summed E-state index contributed by atoms with van der Waals surface area (Å²) < 4.78 is 0. The molecule has 1 aliphatic heterocycles. The summed E-state index contributed by atoms with van der Waals surface area (Å²) in [6.07, 6.45) is 0. The van der Waals surface area contributed by atoms with Gasteiger partial charge in [0.25, 0.3) is 0 Å². The van der Waals surface area contributed by atoms with Gasteiger partial charge in [-0.15, -0.1) is 0 Å². The van der Waals surface area contributed by atoms with Crippen molar-refractivity contribution in [3.05, 3.63) is 30.0 Å². The molecule has 0 aliphatic carbocycles. The molecule has 104 valence electrons. The number of rotatable bonds is 2. The Labute approximate surface area is 116 Å². The first-order chi connectivity index (χ1) is 9.65. The average Bonchev–Trinajstić information content (AvgIpc) is 2.46. The van der Waals surface area contributed by atoms with E-state index in [0.29, 0.717) is 11.3 Å². The summed E-state index contributed by atoms with van der Waals surface area (Å²) in [6, 6.07) is 7.35. The van der Waals surface area contributed by atoms with Crippen molar-refractivity contribution < 1.29 is 9.90 Å². The summed E-state index contributed by atoms with van der Waals surface area (Å²) >= 11 is 0. The number of benzene rings is 1. The molecule has 20 heavy (non-hydrogen) atoms. The Kier molecular flexibility index (Phi) is 3.23. The number of piperazine rings is 1. The van der Waals surface area contributed by atoms with Crippen LogP contribution < -0.4 is 4.90 Å². The summed E-state index contributed by atoms with van der Waals surface area (Å²) in [5, 5.41) is 9.37. The Hall–Kier alpha value is -2.21. The molecular weight excluding hydrogens is 256 g/mol. The minimum atomic E-state index is -1.03. The molecule has 0 saturated carbocycles. The Balaban J connectivity index is 2.07. The molecule has 0 spiro atoms. The summed E-state index contributed by atoms with van der Waals surface area (Å²) in [4.78, 5) is 24.4. The van der Waals surface area contributed by atoms with Crippen LogP contribution in [0, 0.1) is 0 Å². The van der Waals surface area contributed by atoms with Crippen LogP contribution >= 0.6 is 0 Å². The van der Waals surface area contributed by atoms with Crippen molar-refractivity contribution in [1.29, 1.82) is 0 Å². The van der Waals surface area contributed by atoms with E-state index in [1.807, 2.05) is 23.1 Å². The lowest BCUT2D eigenvalue weighted by atomic mass is 10.2. The van der Waals surface area contributed by atoms with Gasteiger partial charge in [-0.3, -0.25) is 0 Å². The minimum Gasteiger partial charge on any atom is -0.476 e. The fourth-order valence-electron chi connectivity index (χ4n) is 2.37. The van der Waals surface area contributed by atoms with Gasteiger partial charge in [-0.05, 0) is 19.2 Å². The topological polar surface area (TPSA) is 69.6 Å². The summed E-state index contributed by atoms with van der Waals surface area (Å²) in [6.45, 7) is 3.33. The summed E-state index contributed by atoms with van der Waals surface area (Å²) in [5.74, 6) is -0.554. The van der Waals surface area contributed by atoms with Crippen molar-refractivity contribution in [3.8, 4) is 0 Å². The number of carbonyl (C=O) groups is 1. The standard InChI is InChI=1S/C14H16N4O2/c1-17-6-8-18(9-7-17)13-12(14(19)20)15-10-4-2-3-5-11(10)16-13/h2-5H,6-9H2,1H3,(H,19,20). The molecule has 1 aliphatic rings. The van der Waals surface area contributed by atoms with Gasteiger partial charge >= 0.3 is 5.97 Å². The van der Waals surface area contributed by atoms with Crippen LogP contribution in [0.1, 0.15) is 10.5 Å². The van der Waals surface area contributed by atoms with Crippen LogP contribution in [0.25, 0.3) is 11.0 Å². The smallest absolute Gasteiger partial charge is 0.358 e. The van der Waals surface area contributed by atoms with E-state index < -0.39 is 5.97 Å². The SMILES string of the molecule is CN1CCN(c2nc3ccccc3nc2C(=O)O)CC1. The molecule has 0 radical (unpaired) electrons. The van der Waals surface area contributed by atoms with E-state index in [2.05, 4.69) is 21.9 Å². The maximum absolute atomic E-state index is 11.4. The molecule has 0 unspecified atom stereocenters. The largest absolute Gasteiger partial charge is 0.476 e. The van der Waals surface area contributed by atoms with Gasteiger partial charge in [-0.2, -0.15) is 0 Å². The first-order valence-corrected chi connectivity index (χ1v) is 6.59. The predicted octanol–water partition coefficient (Wildman–Crippen LogP) is 1.08. The lowest BCUT2D eigenvalue weighted by Crippen LogP contribution is -2.45. The Morgan fingerprint density at radius 3 is 2.30 bits per heavy atom. The van der Waals surface area contributed by atoms with E-state index in [-0.39, 0.29) is 5.69 Å². The van der Waals surface area contributed by atoms with E-state index in [9.17, 15) is 9.90 Å². The fourth-order valence-corrected chi connectivity index (χ4v) is 2.37. The van der Waals surface area contributed by atoms with Gasteiger partial charge in [0.2, 0.25) is 0 Å². The third-order valence-electron chi connectivity index (χ3n) is 3.56. The zero-order chi connectivity index (χ0) is 14.1. The highest BCUT2D eigenvalue weighted by atomic mass is 16.4. The van der Waals surface area contributed by atoms with Crippen molar-refractivity contribution in [3.63, 3.8) is 0 Å². The molecule has 6 heteroatoms. The molecule has 2 aromatic rings. The number of likely N-dealkylation sites (N-methyl/N-ethyl adjacent to an activating group) is 1. The van der Waals surface area contributed by atoms with Crippen LogP contribution in [0.5, 0.6) is 0 Å². The van der Waals surface area contributed by atoms with Gasteiger partial charge in [0.15, 0.2) is 11.5 Å². The Morgan fingerprint density at radius 1 is 1.10 bits per heavy atom. The number of carboxylic acids is 1. The van der Waals surface area contributed by atoms with Gasteiger partial charge in [0, 0.05) is 26.2 Å². The number of aromatic nitrogens is 2. The van der Waals surface area contributed by atoms with E-state index in [1.54, 1.807) is 6.07 Å². The first-order valence-electron chi connectivity index (χ1n) is 6.59. The molecule has 2 heterocycles. The second-order valence-electron chi connectivity index (χ2n) is 4.98. The third kappa shape index (κ3) is 2.30. The average molecular weight is 272 g/mol. The van der Waals surface area contributed by atoms with E-state index >= 15 is 0 Å². The maximum atomic E-state index is 11.4. The van der Waals surface area contributed by atoms with Crippen molar-refractivity contribution in [2.45, 2.75) is 0 Å². The zero-order valence-corrected chi connectivity index (χ0v) is 11.3. The minimum absolute atomic E-state index is 0.0354. The first kappa shape index (κ1) is 12.8. The number of nitrogens with zero attached hydrogens (tertiary/aromatic N) is 4. The highest BCUT2D eigenvalue weighted by Gasteiger charge is 2.23. The summed E-state index contributed by atoms with van der Waals surface area (Å²) in [7, 11) is 2.06. The molecule has 0 amide bonds. The van der Waals surface area contributed by atoms with Gasteiger partial charge in [0.1, 0.15) is 0 Å². The van der Waals surface area contributed by atoms with Gasteiger partial charge in [-0.25, -0.2) is 14.8 Å². The molecule has 1 aromatic carbocycles. The van der Waals surface area contributed by atoms with Crippen molar-refractivity contribution >= 4 is 22.8 Å². The van der Waals surface area contributed by atoms with Crippen LogP contribution in [0.15, 0.2) is 24.3 Å². The molecule has 0 bridgehead atoms. The number of para-hydroxylation sites is 2. The highest BCUT2D eigenvalue weighted by Crippen LogP contribution is 2.21. The molecule has 3 rings (SSSR count). The molecule has 0 atom stereocenters. The third-order valence-corrected chi connectivity index (χ3v) is 3.56. The number of anilines is 1. The highest BCUT2D eigenvalue weighted by molar-refractivity contribution is 5.94. The number of hydrogen-bond donors (Lipinski definition) is 1. The second-order valence-corrected chi connectivity index (χ2v) is 4.98. The summed E-state index contributed by atoms with van der Waals surface area (Å²) in [5.41, 5.74) is 1.38. The molecule has 1 N–H and O–H groups in total. The zero-order valence-electron chi connectivity index (χ0n) is 11.3. The fraction of sp³-hybridized carbons (Fsp3) is 0.357. The molecule has 6 nitrogen and oxygen atoms in total. The van der Waals surface area contributed by atoms with Gasteiger partial charge < -0.3 is 14.9 Å². The number of hydrogen-bond acceptors (Lipinski definition) is 5. The number of aromatic carboxylic acids is 1. The van der Waals surface area contributed by atoms with Crippen LogP contribution in [-0.2, 0) is 0 Å². The van der Waals surface area contributed by atoms with E-state index in [4.69, 9.17) is 0 Å². The quantitative estimate of drug-likeness (QED) is 0.882. The van der Waals surface area contributed by atoms with E-state index in [1.165, 1.54) is 0 Å². The van der Waals surface area contributed by atoms with Crippen LogP contribution in [0.2, 0.25) is 0 Å². The predicted molar refractivity (Wildman–Crippen MR) is 76.2 cm³/mol. The van der Waals surface area contributed by atoms with Crippen LogP contribution in [0.3, 0.4) is 0 Å². The van der Waals surface area contributed by atoms with Crippen LogP contribution in [0.4, 0.5) is 5.82 Å². The number of carboxylic acid groups (broad SMARTS) is 1. The molecular formula is C14H16N4O2. The lowest BCUT2D eigenvalue weighted by molar-refractivity contribution is 0.0691. The van der Waals surface area contributed by atoms with E-state index in [0.717, 1.165) is 31.7 Å². The van der Waals surface area contributed by atoms with Crippen LogP contribution in [-0.4, -0.2) is 59.2 Å². The van der Waals surface area contributed by atoms with Crippen molar-refractivity contribution in [1.82, 2.24) is 14.9 Å². The molecule has 1 aromatic heterocycles. The van der Waals surface area contributed by atoms with Crippen molar-refractivity contribution in [2.75, 3.05) is 38.1 Å². The number of fused-ring (bicyclic) bond motifs is 1. The normalized spacial score (nSPS) is 16.6. The monoisotopic (exact) mass is 272 g/mol. The Morgan fingerprint density at radius 2 is 1.70 bits per heavy atom. The second kappa shape index (κ2) is 5.05. The maximum Gasteiger partial charge on any atom is 0.358 e. The Bertz CT molecular complexity index is 651. The van der Waals surface area contributed by atoms with Gasteiger partial charge in [0.05, 0.1) is 11.0 Å². The molecule has 1 saturated heterocycles. The van der Waals surface area contributed by atoms with Crippen molar-refractivity contribution in [2.24, 2.45) is 0 Å². The van der Waals surface area contributed by atoms with Gasteiger partial charge in [-0.1, -0.05) is 12.1 Å².